The number of pyridine rings is 1. The topological polar surface area (TPSA) is 62.1 Å². The van der Waals surface area contributed by atoms with Crippen molar-refractivity contribution >= 4 is 0 Å². The second-order valence-corrected chi connectivity index (χ2v) is 8.14. The minimum absolute atomic E-state index is 0.113. The van der Waals surface area contributed by atoms with Gasteiger partial charge >= 0.3 is 0 Å². The molecule has 2 unspecified atom stereocenters. The van der Waals surface area contributed by atoms with Crippen molar-refractivity contribution in [3.8, 4) is 23.9 Å². The zero-order valence-corrected chi connectivity index (χ0v) is 16.8. The van der Waals surface area contributed by atoms with E-state index in [1.165, 1.54) is 0 Å². The highest BCUT2D eigenvalue weighted by atomic mass is 16.3. The molecule has 6 rings (SSSR count). The van der Waals surface area contributed by atoms with Crippen LogP contribution in [0.2, 0.25) is 0 Å². The summed E-state index contributed by atoms with van der Waals surface area (Å²) in [6.07, 6.45) is 11.9. The molecule has 2 aromatic heterocycles. The number of aliphatic hydroxyl groups is 1. The van der Waals surface area contributed by atoms with E-state index in [4.69, 9.17) is 11.4 Å². The fourth-order valence-corrected chi connectivity index (χ4v) is 4.99. The third kappa shape index (κ3) is 3.09. The van der Waals surface area contributed by atoms with Crippen LogP contribution in [0.1, 0.15) is 29.7 Å². The van der Waals surface area contributed by atoms with Crippen molar-refractivity contribution in [1.29, 1.82) is 0 Å². The Morgan fingerprint density at radius 2 is 1.83 bits per heavy atom. The van der Waals surface area contributed by atoms with Crippen LogP contribution in [0.5, 0.6) is 0 Å². The number of hydrogen-bond donors (Lipinski definition) is 1. The quantitative estimate of drug-likeness (QED) is 0.687. The predicted molar refractivity (Wildman–Crippen MR) is 115 cm³/mol. The van der Waals surface area contributed by atoms with Crippen molar-refractivity contribution in [2.24, 2.45) is 5.92 Å². The first-order valence-corrected chi connectivity index (χ1v) is 10.4. The molecule has 5 heteroatoms. The number of piperidine rings is 3. The van der Waals surface area contributed by atoms with Gasteiger partial charge in [0.2, 0.25) is 0 Å². The van der Waals surface area contributed by atoms with E-state index in [-0.39, 0.29) is 12.0 Å². The van der Waals surface area contributed by atoms with Crippen LogP contribution in [0.4, 0.5) is 0 Å². The highest BCUT2D eigenvalue weighted by molar-refractivity contribution is 5.50. The monoisotopic (exact) mass is 396 g/mol. The molecule has 1 N–H and O–H groups in total. The van der Waals surface area contributed by atoms with Crippen LogP contribution >= 0.6 is 0 Å². The zero-order valence-electron chi connectivity index (χ0n) is 16.8. The number of terminal acetylenes is 1. The van der Waals surface area contributed by atoms with Crippen molar-refractivity contribution in [2.45, 2.75) is 30.9 Å². The lowest BCUT2D eigenvalue weighted by Crippen LogP contribution is -2.63. The molecule has 0 saturated carbocycles. The SMILES string of the molecule is C#CC1N2CCC(CC2)C1(O)c1cnc(-c2ccccn2)nc1Cc1ccccc1. The van der Waals surface area contributed by atoms with Crippen molar-refractivity contribution in [2.75, 3.05) is 13.1 Å². The fourth-order valence-electron chi connectivity index (χ4n) is 4.99. The summed E-state index contributed by atoms with van der Waals surface area (Å²) in [5.41, 5.74) is 2.27. The average Bonchev–Trinajstić information content (AvgIpc) is 2.81. The minimum Gasteiger partial charge on any atom is -0.382 e. The summed E-state index contributed by atoms with van der Waals surface area (Å²) in [5, 5.41) is 12.0. The van der Waals surface area contributed by atoms with E-state index < -0.39 is 5.60 Å². The predicted octanol–water partition coefficient (Wildman–Crippen LogP) is 3.04. The summed E-state index contributed by atoms with van der Waals surface area (Å²) in [6, 6.07) is 15.5. The van der Waals surface area contributed by atoms with E-state index in [1.54, 1.807) is 12.4 Å². The number of fused-ring (bicyclic) bond motifs is 3. The zero-order chi connectivity index (χ0) is 20.6. The van der Waals surface area contributed by atoms with Crippen LogP contribution < -0.4 is 0 Å². The Bertz CT molecular complexity index is 1070. The standard InChI is InChI=1S/C25H24N4O/c1-2-23-25(30,19-11-14-29(23)15-12-19)20-17-27-24(21-10-6-7-13-26-21)28-22(20)16-18-8-4-3-5-9-18/h1,3-10,13,17,19,23,30H,11-12,14-16H2. The van der Waals surface area contributed by atoms with Gasteiger partial charge in [0, 0.05) is 24.4 Å². The first-order chi connectivity index (χ1) is 14.7. The molecule has 5 heterocycles. The molecule has 3 aliphatic rings. The van der Waals surface area contributed by atoms with Gasteiger partial charge in [-0.1, -0.05) is 42.3 Å². The van der Waals surface area contributed by atoms with Gasteiger partial charge in [0.15, 0.2) is 5.82 Å². The Labute approximate surface area is 176 Å². The number of aromatic nitrogens is 3. The summed E-state index contributed by atoms with van der Waals surface area (Å²) in [5.74, 6) is 3.55. The lowest BCUT2D eigenvalue weighted by molar-refractivity contribution is -0.143. The molecule has 0 amide bonds. The molecule has 2 atom stereocenters. The average molecular weight is 396 g/mol. The number of rotatable bonds is 4. The number of hydrogen-bond acceptors (Lipinski definition) is 5. The van der Waals surface area contributed by atoms with E-state index in [0.29, 0.717) is 17.9 Å². The molecule has 2 bridgehead atoms. The maximum absolute atomic E-state index is 12.0. The molecule has 3 fully saturated rings. The van der Waals surface area contributed by atoms with Gasteiger partial charge in [0.1, 0.15) is 17.3 Å². The first kappa shape index (κ1) is 18.9. The molecule has 30 heavy (non-hydrogen) atoms. The van der Waals surface area contributed by atoms with Gasteiger partial charge < -0.3 is 5.11 Å². The second kappa shape index (κ2) is 7.64. The Balaban J connectivity index is 1.65. The summed E-state index contributed by atoms with van der Waals surface area (Å²) in [7, 11) is 0. The second-order valence-electron chi connectivity index (χ2n) is 8.14. The lowest BCUT2D eigenvalue weighted by atomic mass is 9.66. The molecule has 150 valence electrons. The van der Waals surface area contributed by atoms with Crippen molar-refractivity contribution < 1.29 is 5.11 Å². The van der Waals surface area contributed by atoms with E-state index in [0.717, 1.165) is 42.8 Å². The largest absolute Gasteiger partial charge is 0.382 e. The van der Waals surface area contributed by atoms with Crippen LogP contribution in [0.25, 0.3) is 11.5 Å². The summed E-state index contributed by atoms with van der Waals surface area (Å²) in [6.45, 7) is 1.87. The molecule has 0 radical (unpaired) electrons. The molecular weight excluding hydrogens is 372 g/mol. The normalized spacial score (nSPS) is 27.5. The van der Waals surface area contributed by atoms with Crippen LogP contribution in [0.3, 0.4) is 0 Å². The van der Waals surface area contributed by atoms with Crippen molar-refractivity contribution in [3.63, 3.8) is 0 Å². The van der Waals surface area contributed by atoms with Crippen molar-refractivity contribution in [3.05, 3.63) is 77.7 Å². The molecule has 0 aliphatic carbocycles. The summed E-state index contributed by atoms with van der Waals surface area (Å²) >= 11 is 0. The number of nitrogens with zero attached hydrogens (tertiary/aromatic N) is 4. The highest BCUT2D eigenvalue weighted by Crippen LogP contribution is 2.47. The van der Waals surface area contributed by atoms with E-state index in [2.05, 4.69) is 32.9 Å². The maximum Gasteiger partial charge on any atom is 0.178 e. The minimum atomic E-state index is -1.14. The molecule has 3 aromatic rings. The third-order valence-electron chi connectivity index (χ3n) is 6.50. The molecule has 5 nitrogen and oxygen atoms in total. The van der Waals surface area contributed by atoms with Gasteiger partial charge in [-0.15, -0.1) is 6.42 Å². The van der Waals surface area contributed by atoms with Crippen LogP contribution in [0.15, 0.2) is 60.9 Å². The fraction of sp³-hybridized carbons (Fsp3) is 0.320. The van der Waals surface area contributed by atoms with Gasteiger partial charge in [-0.25, -0.2) is 9.97 Å². The van der Waals surface area contributed by atoms with Crippen molar-refractivity contribution in [1.82, 2.24) is 19.9 Å². The Morgan fingerprint density at radius 3 is 2.53 bits per heavy atom. The molecular formula is C25H24N4O. The van der Waals surface area contributed by atoms with Crippen LogP contribution in [0, 0.1) is 18.3 Å². The molecule has 1 aromatic carbocycles. The van der Waals surface area contributed by atoms with Gasteiger partial charge in [-0.2, -0.15) is 0 Å². The third-order valence-corrected chi connectivity index (χ3v) is 6.50. The molecule has 3 saturated heterocycles. The lowest BCUT2D eigenvalue weighted by Gasteiger charge is -2.54. The first-order valence-electron chi connectivity index (χ1n) is 10.4. The smallest absolute Gasteiger partial charge is 0.178 e. The Kier molecular flexibility index (Phi) is 4.82. The summed E-state index contributed by atoms with van der Waals surface area (Å²) in [4.78, 5) is 16.1. The molecule has 0 spiro atoms. The van der Waals surface area contributed by atoms with Gasteiger partial charge in [0.25, 0.3) is 0 Å². The van der Waals surface area contributed by atoms with Gasteiger partial charge in [-0.05, 0) is 49.5 Å². The van der Waals surface area contributed by atoms with E-state index >= 15 is 0 Å². The number of benzene rings is 1. The van der Waals surface area contributed by atoms with E-state index in [1.807, 2.05) is 36.4 Å². The Hall–Kier alpha value is -3.07. The highest BCUT2D eigenvalue weighted by Gasteiger charge is 2.54. The van der Waals surface area contributed by atoms with Gasteiger partial charge in [-0.3, -0.25) is 9.88 Å². The Morgan fingerprint density at radius 1 is 1.07 bits per heavy atom. The van der Waals surface area contributed by atoms with Gasteiger partial charge in [0.05, 0.1) is 5.69 Å². The van der Waals surface area contributed by atoms with E-state index in [9.17, 15) is 5.11 Å². The van der Waals surface area contributed by atoms with Crippen LogP contribution in [-0.4, -0.2) is 44.1 Å². The maximum atomic E-state index is 12.0. The summed E-state index contributed by atoms with van der Waals surface area (Å²) < 4.78 is 0. The van der Waals surface area contributed by atoms with Crippen LogP contribution in [-0.2, 0) is 12.0 Å². The molecule has 3 aliphatic heterocycles.